The molecule has 0 unspecified atom stereocenters. The summed E-state index contributed by atoms with van der Waals surface area (Å²) in [6, 6.07) is 9.00. The van der Waals surface area contributed by atoms with E-state index in [2.05, 4.69) is 4.72 Å². The number of methoxy groups -OCH3 is 3. The number of carbonyl (C=O) groups excluding carboxylic acids is 1. The maximum absolute atomic E-state index is 13.1. The lowest BCUT2D eigenvalue weighted by Crippen LogP contribution is -2.29. The molecular weight excluding hydrogens is 420 g/mol. The molecule has 0 radical (unpaired) electrons. The fraction of sp³-hybridized carbons (Fsp3) is 0.409. The van der Waals surface area contributed by atoms with Gasteiger partial charge in [-0.1, -0.05) is 6.07 Å². The number of amides is 1. The second kappa shape index (κ2) is 9.57. The van der Waals surface area contributed by atoms with Crippen LogP contribution in [0.25, 0.3) is 0 Å². The summed E-state index contributed by atoms with van der Waals surface area (Å²) >= 11 is 0. The summed E-state index contributed by atoms with van der Waals surface area (Å²) in [5.74, 6) is 1.19. The minimum Gasteiger partial charge on any atom is -0.496 e. The molecule has 8 nitrogen and oxygen atoms in total. The van der Waals surface area contributed by atoms with Crippen LogP contribution in [-0.2, 0) is 10.0 Å². The van der Waals surface area contributed by atoms with E-state index < -0.39 is 16.1 Å². The van der Waals surface area contributed by atoms with Crippen molar-refractivity contribution in [2.75, 3.05) is 34.4 Å². The van der Waals surface area contributed by atoms with Crippen LogP contribution in [0.4, 0.5) is 0 Å². The van der Waals surface area contributed by atoms with Gasteiger partial charge >= 0.3 is 0 Å². The maximum Gasteiger partial charge on any atom is 0.257 e. The van der Waals surface area contributed by atoms with E-state index in [9.17, 15) is 13.2 Å². The molecule has 1 aliphatic rings. The lowest BCUT2D eigenvalue weighted by atomic mass is 10.1. The van der Waals surface area contributed by atoms with Gasteiger partial charge in [0, 0.05) is 19.1 Å². The van der Waals surface area contributed by atoms with Gasteiger partial charge in [0.15, 0.2) is 11.5 Å². The number of carbonyl (C=O) groups is 1. The van der Waals surface area contributed by atoms with Crippen molar-refractivity contribution in [1.29, 1.82) is 0 Å². The molecule has 1 N–H and O–H groups in total. The van der Waals surface area contributed by atoms with Gasteiger partial charge < -0.3 is 19.1 Å². The molecule has 3 rings (SSSR count). The first-order chi connectivity index (χ1) is 14.8. The van der Waals surface area contributed by atoms with Crippen LogP contribution in [0.5, 0.6) is 17.2 Å². The summed E-state index contributed by atoms with van der Waals surface area (Å²) in [5.41, 5.74) is 0.953. The smallest absolute Gasteiger partial charge is 0.257 e. The molecule has 2 aromatic rings. The van der Waals surface area contributed by atoms with Gasteiger partial charge in [0.1, 0.15) is 5.75 Å². The Hall–Kier alpha value is -2.78. The molecule has 1 amide bonds. The Kier molecular flexibility index (Phi) is 7.07. The fourth-order valence-corrected chi connectivity index (χ4v) is 4.86. The van der Waals surface area contributed by atoms with E-state index >= 15 is 0 Å². The van der Waals surface area contributed by atoms with Crippen LogP contribution in [0.2, 0.25) is 0 Å². The molecule has 2 aromatic carbocycles. The molecule has 0 spiro atoms. The lowest BCUT2D eigenvalue weighted by Gasteiger charge is -2.19. The average molecular weight is 449 g/mol. The monoisotopic (exact) mass is 448 g/mol. The van der Waals surface area contributed by atoms with Gasteiger partial charge in [-0.3, -0.25) is 4.79 Å². The molecule has 1 aliphatic heterocycles. The minimum absolute atomic E-state index is 0.00294. The van der Waals surface area contributed by atoms with Gasteiger partial charge in [-0.15, -0.1) is 0 Å². The van der Waals surface area contributed by atoms with E-state index in [4.69, 9.17) is 14.2 Å². The van der Waals surface area contributed by atoms with Crippen LogP contribution in [0.1, 0.15) is 41.7 Å². The summed E-state index contributed by atoms with van der Waals surface area (Å²) in [4.78, 5) is 14.6. The summed E-state index contributed by atoms with van der Waals surface area (Å²) < 4.78 is 44.6. The van der Waals surface area contributed by atoms with Crippen LogP contribution in [-0.4, -0.2) is 53.6 Å². The number of ether oxygens (including phenoxy) is 3. The number of benzene rings is 2. The van der Waals surface area contributed by atoms with E-state index in [0.29, 0.717) is 35.9 Å². The molecule has 1 fully saturated rings. The molecule has 0 saturated carbocycles. The number of sulfonamides is 1. The first-order valence-corrected chi connectivity index (χ1v) is 11.5. The third kappa shape index (κ3) is 4.94. The van der Waals surface area contributed by atoms with Crippen molar-refractivity contribution >= 4 is 15.9 Å². The summed E-state index contributed by atoms with van der Waals surface area (Å²) in [7, 11) is 0.621. The molecule has 1 atom stereocenters. The van der Waals surface area contributed by atoms with E-state index in [1.807, 2.05) is 0 Å². The largest absolute Gasteiger partial charge is 0.496 e. The molecule has 31 heavy (non-hydrogen) atoms. The zero-order valence-corrected chi connectivity index (χ0v) is 19.0. The van der Waals surface area contributed by atoms with Crippen molar-refractivity contribution in [2.45, 2.75) is 30.7 Å². The van der Waals surface area contributed by atoms with Crippen molar-refractivity contribution in [2.24, 2.45) is 0 Å². The topological polar surface area (TPSA) is 94.2 Å². The molecule has 0 aliphatic carbocycles. The number of nitrogens with zero attached hydrogens (tertiary/aromatic N) is 1. The van der Waals surface area contributed by atoms with Crippen LogP contribution >= 0.6 is 0 Å². The average Bonchev–Trinajstić information content (AvgIpc) is 3.32. The summed E-state index contributed by atoms with van der Waals surface area (Å²) in [6.07, 6.45) is 1.88. The van der Waals surface area contributed by atoms with Crippen LogP contribution in [0, 0.1) is 0 Å². The van der Waals surface area contributed by atoms with Crippen molar-refractivity contribution in [3.05, 3.63) is 47.5 Å². The molecular formula is C22H28N2O6S. The number of nitrogens with one attached hydrogen (secondary N) is 1. The Morgan fingerprint density at radius 1 is 0.935 bits per heavy atom. The van der Waals surface area contributed by atoms with Crippen molar-refractivity contribution in [1.82, 2.24) is 9.62 Å². The molecule has 1 saturated heterocycles. The van der Waals surface area contributed by atoms with Gasteiger partial charge in [0.25, 0.3) is 5.91 Å². The number of rotatable bonds is 8. The Morgan fingerprint density at radius 3 is 2.16 bits per heavy atom. The van der Waals surface area contributed by atoms with E-state index in [-0.39, 0.29) is 16.4 Å². The Balaban J connectivity index is 1.87. The van der Waals surface area contributed by atoms with E-state index in [1.54, 1.807) is 30.0 Å². The standard InChI is InChI=1S/C22H28N2O6S/c1-15(16-7-9-20(29-3)21(13-16)30-4)23-31(26,27)17-8-10-19(28-2)18(14-17)22(25)24-11-5-6-12-24/h7-10,13-15,23H,5-6,11-12H2,1-4H3/t15-/m0/s1. The zero-order valence-electron chi connectivity index (χ0n) is 18.2. The van der Waals surface area contributed by atoms with Gasteiger partial charge in [-0.05, 0) is 55.7 Å². The second-order valence-electron chi connectivity index (χ2n) is 7.32. The van der Waals surface area contributed by atoms with Crippen LogP contribution in [0.15, 0.2) is 41.3 Å². The van der Waals surface area contributed by atoms with E-state index in [1.165, 1.54) is 39.5 Å². The maximum atomic E-state index is 13.1. The molecule has 1 heterocycles. The molecule has 0 aromatic heterocycles. The highest BCUT2D eigenvalue weighted by Gasteiger charge is 2.26. The number of hydrogen-bond acceptors (Lipinski definition) is 6. The van der Waals surface area contributed by atoms with Gasteiger partial charge in [0.05, 0.1) is 31.8 Å². The first kappa shape index (κ1) is 22.9. The highest BCUT2D eigenvalue weighted by atomic mass is 32.2. The minimum atomic E-state index is -3.90. The number of hydrogen-bond donors (Lipinski definition) is 1. The Morgan fingerprint density at radius 2 is 1.55 bits per heavy atom. The first-order valence-electron chi connectivity index (χ1n) is 10.0. The molecule has 9 heteroatoms. The SMILES string of the molecule is COc1ccc([C@H](C)NS(=O)(=O)c2ccc(OC)c(C(=O)N3CCCC3)c2)cc1OC. The predicted octanol–water partition coefficient (Wildman–Crippen LogP) is 2.99. The van der Waals surface area contributed by atoms with Crippen molar-refractivity contribution in [3.8, 4) is 17.2 Å². The Labute approximate surface area is 183 Å². The highest BCUT2D eigenvalue weighted by molar-refractivity contribution is 7.89. The number of likely N-dealkylation sites (tertiary alicyclic amines) is 1. The van der Waals surface area contributed by atoms with E-state index in [0.717, 1.165) is 12.8 Å². The third-order valence-corrected chi connectivity index (χ3v) is 6.88. The second-order valence-corrected chi connectivity index (χ2v) is 9.03. The highest BCUT2D eigenvalue weighted by Crippen LogP contribution is 2.31. The van der Waals surface area contributed by atoms with Gasteiger partial charge in [0.2, 0.25) is 10.0 Å². The van der Waals surface area contributed by atoms with Gasteiger partial charge in [-0.25, -0.2) is 13.1 Å². The summed E-state index contributed by atoms with van der Waals surface area (Å²) in [5, 5.41) is 0. The van der Waals surface area contributed by atoms with Crippen molar-refractivity contribution < 1.29 is 27.4 Å². The van der Waals surface area contributed by atoms with Crippen LogP contribution < -0.4 is 18.9 Å². The fourth-order valence-electron chi connectivity index (χ4n) is 3.60. The van der Waals surface area contributed by atoms with Crippen LogP contribution in [0.3, 0.4) is 0 Å². The quantitative estimate of drug-likeness (QED) is 0.667. The molecule has 168 valence electrons. The Bertz CT molecular complexity index is 1050. The normalized spacial score (nSPS) is 14.9. The van der Waals surface area contributed by atoms with Gasteiger partial charge in [-0.2, -0.15) is 0 Å². The van der Waals surface area contributed by atoms with Crippen molar-refractivity contribution in [3.63, 3.8) is 0 Å². The predicted molar refractivity (Wildman–Crippen MR) is 116 cm³/mol. The molecule has 0 bridgehead atoms. The zero-order chi connectivity index (χ0) is 22.6. The summed E-state index contributed by atoms with van der Waals surface area (Å²) in [6.45, 7) is 3.06. The third-order valence-electron chi connectivity index (χ3n) is 5.34. The lowest BCUT2D eigenvalue weighted by molar-refractivity contribution is 0.0789.